The summed E-state index contributed by atoms with van der Waals surface area (Å²) in [5.41, 5.74) is 0. The van der Waals surface area contributed by atoms with Crippen molar-refractivity contribution in [3.8, 4) is 0 Å². The third-order valence-electron chi connectivity index (χ3n) is 4.77. The van der Waals surface area contributed by atoms with Gasteiger partial charge in [-0.1, -0.05) is 0 Å². The molecular formula is C15H28N2O. The molecule has 1 saturated carbocycles. The van der Waals surface area contributed by atoms with Crippen molar-refractivity contribution in [1.82, 2.24) is 10.2 Å². The summed E-state index contributed by atoms with van der Waals surface area (Å²) in [6.07, 6.45) is 7.53. The first kappa shape index (κ1) is 12.9. The monoisotopic (exact) mass is 252 g/mol. The predicted octanol–water partition coefficient (Wildman–Crippen LogP) is 2.02. The van der Waals surface area contributed by atoms with E-state index in [0.29, 0.717) is 18.2 Å². The second-order valence-electron chi connectivity index (χ2n) is 6.71. The van der Waals surface area contributed by atoms with E-state index >= 15 is 0 Å². The third kappa shape index (κ3) is 3.25. The lowest BCUT2D eigenvalue weighted by atomic mass is 9.99. The van der Waals surface area contributed by atoms with Gasteiger partial charge in [0.2, 0.25) is 0 Å². The normalized spacial score (nSPS) is 42.3. The molecule has 0 spiro atoms. The second kappa shape index (κ2) is 5.48. The van der Waals surface area contributed by atoms with Gasteiger partial charge in [-0.2, -0.15) is 0 Å². The van der Waals surface area contributed by atoms with E-state index in [9.17, 15) is 0 Å². The summed E-state index contributed by atoms with van der Waals surface area (Å²) in [5, 5.41) is 3.80. The van der Waals surface area contributed by atoms with Crippen molar-refractivity contribution in [3.05, 3.63) is 0 Å². The van der Waals surface area contributed by atoms with E-state index in [-0.39, 0.29) is 0 Å². The van der Waals surface area contributed by atoms with Crippen molar-refractivity contribution in [3.63, 3.8) is 0 Å². The number of nitrogens with zero attached hydrogens (tertiary/aromatic N) is 1. The van der Waals surface area contributed by atoms with Crippen molar-refractivity contribution in [1.29, 1.82) is 0 Å². The highest BCUT2D eigenvalue weighted by atomic mass is 16.5. The van der Waals surface area contributed by atoms with Crippen LogP contribution in [0.15, 0.2) is 0 Å². The molecule has 3 rings (SSSR count). The molecule has 3 aliphatic rings. The zero-order chi connectivity index (χ0) is 12.5. The number of ether oxygens (including phenoxy) is 1. The van der Waals surface area contributed by atoms with E-state index in [1.165, 1.54) is 51.7 Å². The van der Waals surface area contributed by atoms with E-state index in [4.69, 9.17) is 4.74 Å². The number of hydrogen-bond donors (Lipinski definition) is 1. The molecule has 3 atom stereocenters. The summed E-state index contributed by atoms with van der Waals surface area (Å²) in [6, 6.07) is 1.64. The highest BCUT2D eigenvalue weighted by Crippen LogP contribution is 2.31. The first-order valence-electron chi connectivity index (χ1n) is 7.83. The fourth-order valence-corrected chi connectivity index (χ4v) is 3.71. The fourth-order valence-electron chi connectivity index (χ4n) is 3.71. The van der Waals surface area contributed by atoms with Crippen LogP contribution in [0.25, 0.3) is 0 Å². The molecule has 104 valence electrons. The largest absolute Gasteiger partial charge is 0.375 e. The molecule has 1 N–H and O–H groups in total. The molecule has 0 amide bonds. The summed E-state index contributed by atoms with van der Waals surface area (Å²) in [4.78, 5) is 2.71. The average Bonchev–Trinajstić information content (AvgIpc) is 3.05. The van der Waals surface area contributed by atoms with Crippen LogP contribution in [0.3, 0.4) is 0 Å². The Balaban J connectivity index is 1.38. The van der Waals surface area contributed by atoms with Crippen LogP contribution in [-0.2, 0) is 4.74 Å². The molecule has 0 aromatic rings. The molecule has 1 aliphatic carbocycles. The van der Waals surface area contributed by atoms with Crippen LogP contribution in [0.5, 0.6) is 0 Å². The van der Waals surface area contributed by atoms with Gasteiger partial charge in [-0.25, -0.2) is 0 Å². The average molecular weight is 252 g/mol. The van der Waals surface area contributed by atoms with Crippen molar-refractivity contribution < 1.29 is 4.74 Å². The quantitative estimate of drug-likeness (QED) is 0.828. The standard InChI is InChI=1S/C15H28N2O/c1-11-7-14(8-12(2)18-11)16-9-13-5-6-17(10-13)15-3-4-15/h11-16H,3-10H2,1-2H3. The molecule has 3 unspecified atom stereocenters. The van der Waals surface area contributed by atoms with Crippen LogP contribution in [0, 0.1) is 5.92 Å². The first-order valence-corrected chi connectivity index (χ1v) is 7.83. The van der Waals surface area contributed by atoms with E-state index in [1.54, 1.807) is 0 Å². The Morgan fingerprint density at radius 2 is 1.83 bits per heavy atom. The van der Waals surface area contributed by atoms with Gasteiger partial charge in [0.05, 0.1) is 12.2 Å². The Hall–Kier alpha value is -0.120. The molecule has 2 saturated heterocycles. The summed E-state index contributed by atoms with van der Waals surface area (Å²) >= 11 is 0. The molecule has 2 aliphatic heterocycles. The first-order chi connectivity index (χ1) is 8.70. The minimum Gasteiger partial charge on any atom is -0.375 e. The van der Waals surface area contributed by atoms with Gasteiger partial charge in [0.15, 0.2) is 0 Å². The van der Waals surface area contributed by atoms with Crippen LogP contribution in [0.2, 0.25) is 0 Å². The Labute approximate surface area is 111 Å². The molecule has 0 aromatic heterocycles. The van der Waals surface area contributed by atoms with Crippen LogP contribution in [0.4, 0.5) is 0 Å². The van der Waals surface area contributed by atoms with Crippen LogP contribution in [-0.4, -0.2) is 48.8 Å². The Kier molecular flexibility index (Phi) is 3.92. The summed E-state index contributed by atoms with van der Waals surface area (Å²) in [5.74, 6) is 0.888. The number of rotatable bonds is 4. The highest BCUT2D eigenvalue weighted by Gasteiger charge is 2.34. The minimum atomic E-state index is 0.429. The van der Waals surface area contributed by atoms with E-state index < -0.39 is 0 Å². The number of nitrogens with one attached hydrogen (secondary N) is 1. The van der Waals surface area contributed by atoms with Crippen LogP contribution in [0.1, 0.15) is 46.0 Å². The summed E-state index contributed by atoms with van der Waals surface area (Å²) in [6.45, 7) is 8.31. The highest BCUT2D eigenvalue weighted by molar-refractivity contribution is 4.90. The lowest BCUT2D eigenvalue weighted by Gasteiger charge is -2.33. The van der Waals surface area contributed by atoms with Crippen molar-refractivity contribution in [2.45, 2.75) is 70.2 Å². The third-order valence-corrected chi connectivity index (χ3v) is 4.77. The van der Waals surface area contributed by atoms with Gasteiger partial charge in [-0.15, -0.1) is 0 Å². The topological polar surface area (TPSA) is 24.5 Å². The fraction of sp³-hybridized carbons (Fsp3) is 1.00. The Bertz CT molecular complexity index is 270. The van der Waals surface area contributed by atoms with E-state index in [2.05, 4.69) is 24.1 Å². The number of hydrogen-bond acceptors (Lipinski definition) is 3. The van der Waals surface area contributed by atoms with Crippen molar-refractivity contribution in [2.24, 2.45) is 5.92 Å². The van der Waals surface area contributed by atoms with Gasteiger partial charge >= 0.3 is 0 Å². The van der Waals surface area contributed by atoms with Gasteiger partial charge in [0, 0.05) is 18.6 Å². The molecular weight excluding hydrogens is 224 g/mol. The predicted molar refractivity (Wildman–Crippen MR) is 73.7 cm³/mol. The molecule has 3 nitrogen and oxygen atoms in total. The molecule has 0 bridgehead atoms. The molecule has 18 heavy (non-hydrogen) atoms. The lowest BCUT2D eigenvalue weighted by Crippen LogP contribution is -2.43. The maximum atomic E-state index is 5.80. The lowest BCUT2D eigenvalue weighted by molar-refractivity contribution is -0.0424. The molecule has 3 fully saturated rings. The van der Waals surface area contributed by atoms with Gasteiger partial charge < -0.3 is 15.0 Å². The SMILES string of the molecule is CC1CC(NCC2CCN(C3CC3)C2)CC(C)O1. The van der Waals surface area contributed by atoms with Crippen molar-refractivity contribution in [2.75, 3.05) is 19.6 Å². The molecule has 3 heteroatoms. The molecule has 0 radical (unpaired) electrons. The number of likely N-dealkylation sites (tertiary alicyclic amines) is 1. The van der Waals surface area contributed by atoms with Gasteiger partial charge in [-0.05, 0) is 65.0 Å². The molecule has 0 aromatic carbocycles. The zero-order valence-electron chi connectivity index (χ0n) is 11.9. The van der Waals surface area contributed by atoms with Gasteiger partial charge in [0.25, 0.3) is 0 Å². The van der Waals surface area contributed by atoms with Gasteiger partial charge in [-0.3, -0.25) is 0 Å². The Morgan fingerprint density at radius 3 is 2.50 bits per heavy atom. The zero-order valence-corrected chi connectivity index (χ0v) is 11.9. The maximum absolute atomic E-state index is 5.80. The van der Waals surface area contributed by atoms with E-state index in [1.807, 2.05) is 0 Å². The van der Waals surface area contributed by atoms with Crippen molar-refractivity contribution >= 4 is 0 Å². The summed E-state index contributed by atoms with van der Waals surface area (Å²) < 4.78 is 5.80. The van der Waals surface area contributed by atoms with Gasteiger partial charge in [0.1, 0.15) is 0 Å². The van der Waals surface area contributed by atoms with Crippen LogP contribution >= 0.6 is 0 Å². The second-order valence-corrected chi connectivity index (χ2v) is 6.71. The Morgan fingerprint density at radius 1 is 1.11 bits per heavy atom. The minimum absolute atomic E-state index is 0.429. The molecule has 2 heterocycles. The van der Waals surface area contributed by atoms with Crippen LogP contribution < -0.4 is 5.32 Å². The van der Waals surface area contributed by atoms with E-state index in [0.717, 1.165) is 12.0 Å². The maximum Gasteiger partial charge on any atom is 0.0565 e. The summed E-state index contributed by atoms with van der Waals surface area (Å²) in [7, 11) is 0. The smallest absolute Gasteiger partial charge is 0.0565 e.